The number of alkyl halides is 6. The molecule has 0 heterocycles. The van der Waals surface area contributed by atoms with Crippen LogP contribution in [0.2, 0.25) is 0 Å². The summed E-state index contributed by atoms with van der Waals surface area (Å²) in [6.45, 7) is 0. The standard InChI is InChI=1S/C14H16O2.2CHF3O3S.5H3N.Os/c1-16-11-6-4-9-2-3-10-5-7-13(15)14(10)12(9)8-11;2*2-1(3,4)8(5,6)7;;;;;;/h2,4,6,8,10,12,14H,3,5,7H2,1H3;2*(H,5,6,7);5*1H3;/q;;;;;;;;+2/p-2. The summed E-state index contributed by atoms with van der Waals surface area (Å²) >= 11 is 0. The normalized spacial score (nSPS) is 21.2. The molecule has 0 aromatic carbocycles. The van der Waals surface area contributed by atoms with Gasteiger partial charge < -0.3 is 44.6 Å². The van der Waals surface area contributed by atoms with E-state index >= 15 is 0 Å². The van der Waals surface area contributed by atoms with Gasteiger partial charge in [0.2, 0.25) is 0 Å². The number of hydrogen-bond donors (Lipinski definition) is 5. The minimum absolute atomic E-state index is 0. The predicted molar refractivity (Wildman–Crippen MR) is 118 cm³/mol. The molecule has 3 aliphatic carbocycles. The molecule has 0 amide bonds. The van der Waals surface area contributed by atoms with Crippen LogP contribution in [0.1, 0.15) is 19.3 Å². The predicted octanol–water partition coefficient (Wildman–Crippen LogP) is 3.54. The molecule has 0 saturated heterocycles. The van der Waals surface area contributed by atoms with Crippen molar-refractivity contribution in [2.75, 3.05) is 7.11 Å². The molecular formula is C16H31F6N5O8OsS2. The quantitative estimate of drug-likeness (QED) is 0.144. The second-order valence-electron chi connectivity index (χ2n) is 6.66. The molecule has 0 spiro atoms. The summed E-state index contributed by atoms with van der Waals surface area (Å²) in [5, 5.41) is 0. The fourth-order valence-corrected chi connectivity index (χ4v) is 3.25. The monoisotopic (exact) mass is 791 g/mol. The molecule has 38 heavy (non-hydrogen) atoms. The second-order valence-corrected chi connectivity index (χ2v) is 9.41. The summed E-state index contributed by atoms with van der Waals surface area (Å²) in [5.41, 5.74) is -9.99. The number of rotatable bonds is 1. The van der Waals surface area contributed by atoms with Crippen LogP contribution in [0.3, 0.4) is 0 Å². The van der Waals surface area contributed by atoms with E-state index in [0.717, 1.165) is 25.0 Å². The van der Waals surface area contributed by atoms with Crippen molar-refractivity contribution in [3.05, 3.63) is 35.6 Å². The van der Waals surface area contributed by atoms with Crippen molar-refractivity contribution in [3.8, 4) is 0 Å². The zero-order valence-electron chi connectivity index (χ0n) is 19.9. The number of fused-ring (bicyclic) bond motifs is 3. The summed E-state index contributed by atoms with van der Waals surface area (Å²) < 4.78 is 123. The van der Waals surface area contributed by atoms with Gasteiger partial charge in [-0.2, -0.15) is 26.3 Å². The van der Waals surface area contributed by atoms with E-state index in [1.54, 1.807) is 7.11 Å². The summed E-state index contributed by atoms with van der Waals surface area (Å²) in [5.74, 6) is 2.40. The van der Waals surface area contributed by atoms with Crippen LogP contribution in [0.4, 0.5) is 26.3 Å². The number of ketones is 1. The minimum Gasteiger partial charge on any atom is -0.741 e. The van der Waals surface area contributed by atoms with Crippen molar-refractivity contribution in [2.24, 2.45) is 17.8 Å². The molecule has 3 unspecified atom stereocenters. The first-order valence-corrected chi connectivity index (χ1v) is 11.3. The molecule has 1 saturated carbocycles. The summed E-state index contributed by atoms with van der Waals surface area (Å²) in [7, 11) is -10.5. The fraction of sp³-hybridized carbons (Fsp3) is 0.562. The maximum absolute atomic E-state index is 11.9. The third-order valence-corrected chi connectivity index (χ3v) is 5.79. The van der Waals surface area contributed by atoms with Crippen LogP contribution >= 0.6 is 0 Å². The van der Waals surface area contributed by atoms with Gasteiger partial charge in [0, 0.05) is 18.3 Å². The van der Waals surface area contributed by atoms with Gasteiger partial charge in [0.25, 0.3) is 0 Å². The SMILES string of the molecule is COC1=CC2C(=CCC3CCC(=O)C32)C=C1.N.N.N.N.N.O=S(=O)([O-])C(F)(F)F.O=S(=O)([O-])C(F)(F)F.[Os+2]. The number of allylic oxidation sites excluding steroid dienone is 5. The van der Waals surface area contributed by atoms with E-state index in [9.17, 15) is 31.1 Å². The van der Waals surface area contributed by atoms with Crippen LogP contribution in [-0.4, -0.2) is 49.9 Å². The molecule has 0 aromatic heterocycles. The van der Waals surface area contributed by atoms with Gasteiger partial charge in [-0.1, -0.05) is 12.2 Å². The third kappa shape index (κ3) is 13.5. The molecule has 230 valence electrons. The van der Waals surface area contributed by atoms with Crippen LogP contribution in [0.15, 0.2) is 35.6 Å². The molecule has 22 heteroatoms. The minimum atomic E-state index is -6.09. The largest absolute Gasteiger partial charge is 2.00 e. The fourth-order valence-electron chi connectivity index (χ4n) is 3.25. The van der Waals surface area contributed by atoms with Gasteiger partial charge in [-0.05, 0) is 36.5 Å². The Morgan fingerprint density at radius 2 is 1.26 bits per heavy atom. The zero-order valence-corrected chi connectivity index (χ0v) is 24.1. The number of carbonyl (C=O) groups excluding carboxylic acids is 1. The molecule has 3 rings (SSSR count). The summed E-state index contributed by atoms with van der Waals surface area (Å²) in [4.78, 5) is 11.9. The number of halogens is 6. The Morgan fingerprint density at radius 3 is 1.61 bits per heavy atom. The Bertz CT molecular complexity index is 992. The Balaban J connectivity index is -0.000000103. The topological polar surface area (TPSA) is 316 Å². The Kier molecular flexibility index (Phi) is 23.4. The number of hydrogen-bond acceptors (Lipinski definition) is 13. The van der Waals surface area contributed by atoms with Gasteiger partial charge in [0.15, 0.2) is 20.2 Å². The van der Waals surface area contributed by atoms with Gasteiger partial charge in [-0.3, -0.25) is 4.79 Å². The summed E-state index contributed by atoms with van der Waals surface area (Å²) in [6, 6.07) is 0. The van der Waals surface area contributed by atoms with Gasteiger partial charge in [-0.25, -0.2) is 16.8 Å². The van der Waals surface area contributed by atoms with Crippen molar-refractivity contribution in [2.45, 2.75) is 30.3 Å². The third-order valence-electron chi connectivity index (χ3n) is 4.66. The Hall–Kier alpha value is -1.47. The molecule has 3 atom stereocenters. The first-order valence-electron chi connectivity index (χ1n) is 8.50. The maximum Gasteiger partial charge on any atom is 2.00 e. The van der Waals surface area contributed by atoms with E-state index in [1.165, 1.54) is 5.57 Å². The summed E-state index contributed by atoms with van der Waals surface area (Å²) in [6.07, 6.45) is 11.4. The van der Waals surface area contributed by atoms with E-state index < -0.39 is 31.3 Å². The van der Waals surface area contributed by atoms with Crippen LogP contribution in [0.5, 0.6) is 0 Å². The van der Waals surface area contributed by atoms with Crippen molar-refractivity contribution in [3.63, 3.8) is 0 Å². The van der Waals surface area contributed by atoms with Gasteiger partial charge in [0.05, 0.1) is 7.11 Å². The molecule has 3 aliphatic rings. The average Bonchev–Trinajstić information content (AvgIpc) is 3.00. The molecule has 15 N–H and O–H groups in total. The zero-order chi connectivity index (χ0) is 25.1. The van der Waals surface area contributed by atoms with Crippen molar-refractivity contribution >= 4 is 26.0 Å². The van der Waals surface area contributed by atoms with Crippen LogP contribution in [-0.2, 0) is 49.6 Å². The van der Waals surface area contributed by atoms with Crippen LogP contribution < -0.4 is 30.8 Å². The molecule has 13 nitrogen and oxygen atoms in total. The smallest absolute Gasteiger partial charge is 0.741 e. The van der Waals surface area contributed by atoms with Crippen LogP contribution in [0.25, 0.3) is 0 Å². The number of ether oxygens (including phenoxy) is 1. The molecule has 0 bridgehead atoms. The number of carbonyl (C=O) groups is 1. The molecule has 1 fully saturated rings. The van der Waals surface area contributed by atoms with E-state index in [2.05, 4.69) is 18.2 Å². The first-order chi connectivity index (χ1) is 14.3. The van der Waals surface area contributed by atoms with Crippen molar-refractivity contribution in [1.82, 2.24) is 30.8 Å². The van der Waals surface area contributed by atoms with Gasteiger partial charge in [-0.15, -0.1) is 0 Å². The first kappa shape index (κ1) is 49.5. The van der Waals surface area contributed by atoms with E-state index in [1.807, 2.05) is 6.08 Å². The molecule has 0 aliphatic heterocycles. The average molecular weight is 790 g/mol. The number of Topliss-reactive ketones (excluding diaryl/α,β-unsaturated/α-hetero) is 1. The van der Waals surface area contributed by atoms with Crippen molar-refractivity contribution in [1.29, 1.82) is 0 Å². The van der Waals surface area contributed by atoms with Crippen molar-refractivity contribution < 1.29 is 81.6 Å². The van der Waals surface area contributed by atoms with E-state index in [-0.39, 0.29) is 62.4 Å². The van der Waals surface area contributed by atoms with Gasteiger partial charge >= 0.3 is 30.8 Å². The van der Waals surface area contributed by atoms with Crippen LogP contribution in [0, 0.1) is 17.8 Å². The Labute approximate surface area is 229 Å². The second kappa shape index (κ2) is 18.0. The molecule has 0 radical (unpaired) electrons. The maximum atomic E-state index is 11.9. The van der Waals surface area contributed by atoms with E-state index in [4.69, 9.17) is 30.7 Å². The van der Waals surface area contributed by atoms with Gasteiger partial charge in [0.1, 0.15) is 11.5 Å². The number of methoxy groups -OCH3 is 1. The molecular weight excluding hydrogens is 759 g/mol. The molecule has 0 aromatic rings. The Morgan fingerprint density at radius 1 is 0.868 bits per heavy atom. The van der Waals surface area contributed by atoms with E-state index in [0.29, 0.717) is 11.7 Å².